The Morgan fingerprint density at radius 1 is 1.26 bits per heavy atom. The Bertz CT molecular complexity index is 1050. The molecule has 1 aromatic heterocycles. The van der Waals surface area contributed by atoms with Crippen LogP contribution in [0.5, 0.6) is 11.5 Å². The van der Waals surface area contributed by atoms with Gasteiger partial charge in [0.2, 0.25) is 0 Å². The van der Waals surface area contributed by atoms with Gasteiger partial charge in [-0.05, 0) is 40.5 Å². The van der Waals surface area contributed by atoms with Gasteiger partial charge >= 0.3 is 0 Å². The lowest BCUT2D eigenvalue weighted by molar-refractivity contribution is -0.119. The lowest BCUT2D eigenvalue weighted by Crippen LogP contribution is -2.20. The minimum absolute atomic E-state index is 0.0497. The molecular weight excluding hydrogens is 418 g/mol. The van der Waals surface area contributed by atoms with E-state index < -0.39 is 11.5 Å². The number of nitriles is 2. The molecule has 0 bridgehead atoms. The first-order chi connectivity index (χ1) is 12.8. The summed E-state index contributed by atoms with van der Waals surface area (Å²) >= 11 is 3.31. The Morgan fingerprint density at radius 3 is 2.48 bits per heavy atom. The topological polar surface area (TPSA) is 168 Å². The molecular formula is C17H14BrN5O4. The van der Waals surface area contributed by atoms with Gasteiger partial charge in [-0.3, -0.25) is 9.59 Å². The zero-order valence-electron chi connectivity index (χ0n) is 14.1. The Morgan fingerprint density at radius 2 is 1.93 bits per heavy atom. The van der Waals surface area contributed by atoms with Crippen LogP contribution in [-0.2, 0) is 4.79 Å². The van der Waals surface area contributed by atoms with E-state index in [0.717, 1.165) is 0 Å². The van der Waals surface area contributed by atoms with Gasteiger partial charge in [0.25, 0.3) is 11.5 Å². The number of carbonyl (C=O) groups excluding carboxylic acids is 1. The summed E-state index contributed by atoms with van der Waals surface area (Å²) < 4.78 is 11.3. The van der Waals surface area contributed by atoms with Crippen molar-refractivity contribution in [3.63, 3.8) is 0 Å². The van der Waals surface area contributed by atoms with Crippen LogP contribution in [0, 0.1) is 22.7 Å². The summed E-state index contributed by atoms with van der Waals surface area (Å²) in [6, 6.07) is 6.70. The second-order valence-electron chi connectivity index (χ2n) is 5.19. The molecule has 5 N–H and O–H groups in total. The van der Waals surface area contributed by atoms with Crippen molar-refractivity contribution in [2.24, 2.45) is 5.73 Å². The largest absolute Gasteiger partial charge is 0.490 e. The number of carbonyl (C=O) groups is 1. The van der Waals surface area contributed by atoms with E-state index in [2.05, 4.69) is 20.9 Å². The first-order valence-corrected chi connectivity index (χ1v) is 8.37. The number of nitrogens with zero attached hydrogens (tertiary/aromatic N) is 2. The van der Waals surface area contributed by atoms with Crippen LogP contribution in [0.4, 0.5) is 5.82 Å². The van der Waals surface area contributed by atoms with Gasteiger partial charge in [-0.2, -0.15) is 10.5 Å². The van der Waals surface area contributed by atoms with Crippen molar-refractivity contribution in [1.82, 2.24) is 4.98 Å². The smallest absolute Gasteiger partial charge is 0.268 e. The molecule has 0 saturated heterocycles. The van der Waals surface area contributed by atoms with E-state index in [1.54, 1.807) is 13.0 Å². The Kier molecular flexibility index (Phi) is 6.06. The van der Waals surface area contributed by atoms with Crippen molar-refractivity contribution in [1.29, 1.82) is 10.5 Å². The Labute approximate surface area is 162 Å². The van der Waals surface area contributed by atoms with Crippen LogP contribution in [0.15, 0.2) is 21.4 Å². The lowest BCUT2D eigenvalue weighted by atomic mass is 9.96. The summed E-state index contributed by atoms with van der Waals surface area (Å²) in [5.41, 5.74) is 10.2. The highest BCUT2D eigenvalue weighted by atomic mass is 79.9. The number of rotatable bonds is 6. The van der Waals surface area contributed by atoms with Gasteiger partial charge < -0.3 is 25.9 Å². The SMILES string of the molecule is CCOc1cc(-c2c(C#N)c(N)[nH]c(=O)c2C#N)cc(Br)c1OCC(N)=O. The van der Waals surface area contributed by atoms with Gasteiger partial charge in [0.15, 0.2) is 18.1 Å². The molecule has 1 amide bonds. The molecule has 0 aliphatic heterocycles. The first-order valence-electron chi connectivity index (χ1n) is 7.57. The normalized spacial score (nSPS) is 9.93. The van der Waals surface area contributed by atoms with Crippen molar-refractivity contribution in [2.75, 3.05) is 18.9 Å². The third-order valence-corrected chi connectivity index (χ3v) is 4.01. The maximum atomic E-state index is 12.1. The Hall–Kier alpha value is -3.50. The molecule has 0 atom stereocenters. The number of benzene rings is 1. The summed E-state index contributed by atoms with van der Waals surface area (Å²) in [5.74, 6) is -0.377. The average Bonchev–Trinajstić information content (AvgIpc) is 2.60. The number of halogens is 1. The molecule has 0 saturated carbocycles. The molecule has 0 spiro atoms. The summed E-state index contributed by atoms with van der Waals surface area (Å²) in [6.07, 6.45) is 0. The van der Waals surface area contributed by atoms with Gasteiger partial charge in [0.1, 0.15) is 29.1 Å². The highest BCUT2D eigenvalue weighted by molar-refractivity contribution is 9.10. The number of nitrogens with one attached hydrogen (secondary N) is 1. The third-order valence-electron chi connectivity index (χ3n) is 3.43. The molecule has 0 aliphatic rings. The van der Waals surface area contributed by atoms with Crippen LogP contribution in [0.25, 0.3) is 11.1 Å². The van der Waals surface area contributed by atoms with E-state index in [1.165, 1.54) is 12.1 Å². The molecule has 2 rings (SSSR count). The minimum atomic E-state index is -0.716. The summed E-state index contributed by atoms with van der Waals surface area (Å²) in [4.78, 5) is 25.4. The van der Waals surface area contributed by atoms with E-state index in [-0.39, 0.29) is 47.2 Å². The van der Waals surface area contributed by atoms with E-state index in [4.69, 9.17) is 20.9 Å². The van der Waals surface area contributed by atoms with Gasteiger partial charge in [0.05, 0.1) is 11.1 Å². The molecule has 9 nitrogen and oxygen atoms in total. The van der Waals surface area contributed by atoms with Crippen molar-refractivity contribution >= 4 is 27.7 Å². The number of hydrogen-bond acceptors (Lipinski definition) is 7. The summed E-state index contributed by atoms with van der Waals surface area (Å²) in [6.45, 7) is 1.64. The number of aromatic amines is 1. The number of aromatic nitrogens is 1. The van der Waals surface area contributed by atoms with Crippen LogP contribution in [0.2, 0.25) is 0 Å². The number of pyridine rings is 1. The summed E-state index contributed by atoms with van der Waals surface area (Å²) in [5, 5.41) is 18.8. The molecule has 1 heterocycles. The number of ether oxygens (including phenoxy) is 2. The molecule has 27 heavy (non-hydrogen) atoms. The quantitative estimate of drug-likeness (QED) is 0.620. The first kappa shape index (κ1) is 19.8. The molecule has 0 aliphatic carbocycles. The number of hydrogen-bond donors (Lipinski definition) is 3. The average molecular weight is 432 g/mol. The molecule has 1 aromatic carbocycles. The van der Waals surface area contributed by atoms with Gasteiger partial charge in [-0.25, -0.2) is 0 Å². The van der Waals surface area contributed by atoms with Gasteiger partial charge in [0, 0.05) is 5.56 Å². The number of nitrogen functional groups attached to an aromatic ring is 1. The highest BCUT2D eigenvalue weighted by Gasteiger charge is 2.21. The fourth-order valence-electron chi connectivity index (χ4n) is 2.39. The van der Waals surface area contributed by atoms with Crippen LogP contribution in [0.3, 0.4) is 0 Å². The predicted molar refractivity (Wildman–Crippen MR) is 99.9 cm³/mol. The van der Waals surface area contributed by atoms with E-state index in [0.29, 0.717) is 10.0 Å². The molecule has 0 radical (unpaired) electrons. The van der Waals surface area contributed by atoms with Gasteiger partial charge in [-0.1, -0.05) is 0 Å². The second kappa shape index (κ2) is 8.25. The second-order valence-corrected chi connectivity index (χ2v) is 6.04. The molecule has 0 fully saturated rings. The third kappa shape index (κ3) is 4.02. The van der Waals surface area contributed by atoms with Crippen LogP contribution in [0.1, 0.15) is 18.1 Å². The molecule has 0 unspecified atom stereocenters. The van der Waals surface area contributed by atoms with Crippen molar-refractivity contribution in [3.05, 3.63) is 38.1 Å². The number of amides is 1. The lowest BCUT2D eigenvalue weighted by Gasteiger charge is -2.16. The zero-order valence-corrected chi connectivity index (χ0v) is 15.7. The van der Waals surface area contributed by atoms with E-state index >= 15 is 0 Å². The number of anilines is 1. The van der Waals surface area contributed by atoms with Crippen LogP contribution >= 0.6 is 15.9 Å². The minimum Gasteiger partial charge on any atom is -0.490 e. The highest BCUT2D eigenvalue weighted by Crippen LogP contribution is 2.41. The van der Waals surface area contributed by atoms with E-state index in [9.17, 15) is 20.1 Å². The zero-order chi connectivity index (χ0) is 20.1. The van der Waals surface area contributed by atoms with Crippen molar-refractivity contribution < 1.29 is 14.3 Å². The maximum Gasteiger partial charge on any atom is 0.268 e. The van der Waals surface area contributed by atoms with Crippen LogP contribution in [-0.4, -0.2) is 24.1 Å². The number of nitrogens with two attached hydrogens (primary N) is 2. The Balaban J connectivity index is 2.78. The van der Waals surface area contributed by atoms with Crippen LogP contribution < -0.4 is 26.5 Å². The fraction of sp³-hybridized carbons (Fsp3) is 0.176. The van der Waals surface area contributed by atoms with E-state index in [1.807, 2.05) is 6.07 Å². The number of H-pyrrole nitrogens is 1. The van der Waals surface area contributed by atoms with Crippen molar-refractivity contribution in [3.8, 4) is 34.8 Å². The summed E-state index contributed by atoms with van der Waals surface area (Å²) in [7, 11) is 0. The molecule has 10 heteroatoms. The van der Waals surface area contributed by atoms with Crippen molar-refractivity contribution in [2.45, 2.75) is 6.92 Å². The van der Waals surface area contributed by atoms with Gasteiger partial charge in [-0.15, -0.1) is 0 Å². The predicted octanol–water partition coefficient (Wildman–Crippen LogP) is 1.39. The maximum absolute atomic E-state index is 12.1. The number of primary amides is 1. The molecule has 138 valence electrons. The standard InChI is InChI=1S/C17H14BrN5O4/c1-2-26-12-4-8(3-11(18)15(12)27-7-13(21)24)14-9(5-19)16(22)23-17(25)10(14)6-20/h3-4H,2,7H2,1H3,(H2,21,24)(H3,22,23,25). The molecule has 2 aromatic rings. The monoisotopic (exact) mass is 431 g/mol. The fourth-order valence-corrected chi connectivity index (χ4v) is 2.95.